The number of nitrogens with zero attached hydrogens (tertiary/aromatic N) is 2. The van der Waals surface area contributed by atoms with Crippen molar-refractivity contribution in [1.82, 2.24) is 9.55 Å². The van der Waals surface area contributed by atoms with E-state index < -0.39 is 0 Å². The molecule has 0 aliphatic rings. The Balaban J connectivity index is 2.75. The topological polar surface area (TPSA) is 34.9 Å². The molecule has 76 valence electrons. The van der Waals surface area contributed by atoms with Crippen LogP contribution in [0.5, 0.6) is 0 Å². The summed E-state index contributed by atoms with van der Waals surface area (Å²) < 4.78 is 1.69. The van der Waals surface area contributed by atoms with Crippen LogP contribution in [0.3, 0.4) is 0 Å². The van der Waals surface area contributed by atoms with Gasteiger partial charge in [0.05, 0.1) is 5.69 Å². The third kappa shape index (κ3) is 1.68. The molecule has 0 aliphatic heterocycles. The van der Waals surface area contributed by atoms with E-state index in [1.165, 1.54) is 0 Å². The van der Waals surface area contributed by atoms with Crippen LogP contribution < -0.4 is 5.56 Å². The summed E-state index contributed by atoms with van der Waals surface area (Å²) in [5.41, 5.74) is 2.81. The van der Waals surface area contributed by atoms with Gasteiger partial charge >= 0.3 is 0 Å². The van der Waals surface area contributed by atoms with Crippen LogP contribution in [0.25, 0.3) is 5.69 Å². The first-order valence-corrected chi connectivity index (χ1v) is 4.80. The fourth-order valence-electron chi connectivity index (χ4n) is 1.62. The summed E-state index contributed by atoms with van der Waals surface area (Å²) in [6.45, 7) is 3.86. The molecule has 0 bridgehead atoms. The third-order valence-electron chi connectivity index (χ3n) is 2.38. The molecule has 0 atom stereocenters. The first kappa shape index (κ1) is 9.65. The van der Waals surface area contributed by atoms with E-state index in [1.807, 2.05) is 26.0 Å². The second kappa shape index (κ2) is 3.69. The highest BCUT2D eigenvalue weighted by atomic mass is 16.1. The molecule has 15 heavy (non-hydrogen) atoms. The number of aryl methyl sites for hydroxylation is 2. The van der Waals surface area contributed by atoms with E-state index in [4.69, 9.17) is 0 Å². The molecule has 0 spiro atoms. The van der Waals surface area contributed by atoms with Crippen molar-refractivity contribution in [3.8, 4) is 5.69 Å². The quantitative estimate of drug-likeness (QED) is 0.704. The van der Waals surface area contributed by atoms with Crippen molar-refractivity contribution >= 4 is 0 Å². The second-order valence-electron chi connectivity index (χ2n) is 3.50. The largest absolute Gasteiger partial charge is 0.281 e. The monoisotopic (exact) mass is 200 g/mol. The maximum atomic E-state index is 11.7. The molecule has 0 aromatic carbocycles. The Hall–Kier alpha value is -1.90. The minimum atomic E-state index is -0.00991. The van der Waals surface area contributed by atoms with Crippen LogP contribution in [0, 0.1) is 13.8 Å². The Kier molecular flexibility index (Phi) is 2.37. The fraction of sp³-hybridized carbons (Fsp3) is 0.167. The van der Waals surface area contributed by atoms with Gasteiger partial charge in [0, 0.05) is 24.2 Å². The number of rotatable bonds is 1. The fourth-order valence-corrected chi connectivity index (χ4v) is 1.62. The van der Waals surface area contributed by atoms with Crippen LogP contribution in [-0.2, 0) is 0 Å². The minimum absolute atomic E-state index is 0.00991. The summed E-state index contributed by atoms with van der Waals surface area (Å²) in [4.78, 5) is 15.7. The molecule has 0 fully saturated rings. The van der Waals surface area contributed by atoms with Crippen molar-refractivity contribution in [1.29, 1.82) is 0 Å². The van der Waals surface area contributed by atoms with Gasteiger partial charge in [-0.15, -0.1) is 0 Å². The molecule has 0 unspecified atom stereocenters. The van der Waals surface area contributed by atoms with E-state index in [-0.39, 0.29) is 5.56 Å². The molecule has 3 heteroatoms. The highest BCUT2D eigenvalue weighted by molar-refractivity contribution is 5.39. The third-order valence-corrected chi connectivity index (χ3v) is 2.38. The van der Waals surface area contributed by atoms with Crippen molar-refractivity contribution in [3.05, 3.63) is 58.3 Å². The Morgan fingerprint density at radius 3 is 2.67 bits per heavy atom. The highest BCUT2D eigenvalue weighted by Gasteiger charge is 2.04. The molecule has 2 rings (SSSR count). The zero-order chi connectivity index (χ0) is 10.8. The van der Waals surface area contributed by atoms with Gasteiger partial charge in [-0.25, -0.2) is 0 Å². The number of hydrogen-bond acceptors (Lipinski definition) is 2. The maximum Gasteiger partial charge on any atom is 0.255 e. The average Bonchev–Trinajstić information content (AvgIpc) is 2.20. The average molecular weight is 200 g/mol. The normalized spacial score (nSPS) is 10.3. The Morgan fingerprint density at radius 1 is 1.20 bits per heavy atom. The molecule has 0 saturated heterocycles. The van der Waals surface area contributed by atoms with E-state index in [0.717, 1.165) is 16.9 Å². The summed E-state index contributed by atoms with van der Waals surface area (Å²) in [7, 11) is 0. The maximum absolute atomic E-state index is 11.7. The first-order valence-electron chi connectivity index (χ1n) is 4.80. The second-order valence-corrected chi connectivity index (χ2v) is 3.50. The van der Waals surface area contributed by atoms with E-state index in [1.54, 1.807) is 29.1 Å². The number of aromatic nitrogens is 2. The molecule has 0 saturated carbocycles. The van der Waals surface area contributed by atoms with Gasteiger partial charge in [-0.1, -0.05) is 6.07 Å². The van der Waals surface area contributed by atoms with Crippen LogP contribution in [0.1, 0.15) is 11.3 Å². The summed E-state index contributed by atoms with van der Waals surface area (Å²) in [5.74, 6) is 0. The van der Waals surface area contributed by atoms with Crippen LogP contribution >= 0.6 is 0 Å². The predicted molar refractivity (Wildman–Crippen MR) is 59.3 cm³/mol. The van der Waals surface area contributed by atoms with Gasteiger partial charge in [-0.05, 0) is 31.5 Å². The molecular weight excluding hydrogens is 188 g/mol. The van der Waals surface area contributed by atoms with Gasteiger partial charge in [-0.2, -0.15) is 0 Å². The zero-order valence-corrected chi connectivity index (χ0v) is 8.77. The number of pyridine rings is 2. The lowest BCUT2D eigenvalue weighted by Gasteiger charge is -2.11. The summed E-state index contributed by atoms with van der Waals surface area (Å²) in [5, 5.41) is 0. The molecule has 0 amide bonds. The van der Waals surface area contributed by atoms with Crippen molar-refractivity contribution < 1.29 is 0 Å². The van der Waals surface area contributed by atoms with Crippen LogP contribution in [-0.4, -0.2) is 9.55 Å². The molecule has 2 aromatic rings. The highest BCUT2D eigenvalue weighted by Crippen LogP contribution is 2.11. The van der Waals surface area contributed by atoms with Crippen molar-refractivity contribution in [2.75, 3.05) is 0 Å². The van der Waals surface area contributed by atoms with Crippen LogP contribution in [0.4, 0.5) is 0 Å². The lowest BCUT2D eigenvalue weighted by molar-refractivity contribution is 0.920. The van der Waals surface area contributed by atoms with Crippen LogP contribution in [0.2, 0.25) is 0 Å². The minimum Gasteiger partial charge on any atom is -0.281 e. The molecule has 3 nitrogen and oxygen atoms in total. The van der Waals surface area contributed by atoms with Gasteiger partial charge in [0.25, 0.3) is 5.56 Å². The van der Waals surface area contributed by atoms with E-state index in [9.17, 15) is 4.79 Å². The molecular formula is C12H12N2O. The lowest BCUT2D eigenvalue weighted by Crippen LogP contribution is -2.19. The van der Waals surface area contributed by atoms with Crippen molar-refractivity contribution in [2.45, 2.75) is 13.8 Å². The molecule has 0 radical (unpaired) electrons. The lowest BCUT2D eigenvalue weighted by atomic mass is 10.2. The standard InChI is InChI=1S/C12H12N2O/c1-9-8-13-7-6-11(9)14-10(2)4-3-5-12(14)15/h3-8H,1-2H3. The van der Waals surface area contributed by atoms with E-state index in [2.05, 4.69) is 4.98 Å². The van der Waals surface area contributed by atoms with Crippen LogP contribution in [0.15, 0.2) is 41.5 Å². The number of hydrogen-bond donors (Lipinski definition) is 0. The summed E-state index contributed by atoms with van der Waals surface area (Å²) in [6, 6.07) is 7.10. The molecule has 0 N–H and O–H groups in total. The Morgan fingerprint density at radius 2 is 2.00 bits per heavy atom. The molecule has 2 aromatic heterocycles. The van der Waals surface area contributed by atoms with E-state index in [0.29, 0.717) is 0 Å². The van der Waals surface area contributed by atoms with Gasteiger partial charge in [0.15, 0.2) is 0 Å². The molecule has 2 heterocycles. The summed E-state index contributed by atoms with van der Waals surface area (Å²) in [6.07, 6.45) is 3.45. The van der Waals surface area contributed by atoms with E-state index >= 15 is 0 Å². The zero-order valence-electron chi connectivity index (χ0n) is 8.77. The SMILES string of the molecule is Cc1cnccc1-n1c(C)cccc1=O. The van der Waals surface area contributed by atoms with Gasteiger partial charge in [-0.3, -0.25) is 14.3 Å². The van der Waals surface area contributed by atoms with Crippen molar-refractivity contribution in [2.24, 2.45) is 0 Å². The Labute approximate surface area is 88.0 Å². The summed E-state index contributed by atoms with van der Waals surface area (Å²) >= 11 is 0. The van der Waals surface area contributed by atoms with Gasteiger partial charge in [0.2, 0.25) is 0 Å². The first-order chi connectivity index (χ1) is 7.20. The smallest absolute Gasteiger partial charge is 0.255 e. The van der Waals surface area contributed by atoms with Crippen molar-refractivity contribution in [3.63, 3.8) is 0 Å². The van der Waals surface area contributed by atoms with Gasteiger partial charge < -0.3 is 0 Å². The Bertz CT molecular complexity index is 543. The van der Waals surface area contributed by atoms with Gasteiger partial charge in [0.1, 0.15) is 0 Å². The predicted octanol–water partition coefficient (Wildman–Crippen LogP) is 1.85. The molecule has 0 aliphatic carbocycles.